The van der Waals surface area contributed by atoms with E-state index in [4.69, 9.17) is 4.74 Å². The molecule has 1 nitrogen and oxygen atoms in total. The standard InChI is InChI=1S/C12H20BrF3O/c1-3-10-4-6-11(8-13,7-5-10)17-9(2)12(14,15)16/h9-10H,3-8H2,1-2H3. The molecule has 0 aromatic rings. The van der Waals surface area contributed by atoms with Crippen molar-refractivity contribution in [2.45, 2.75) is 63.8 Å². The molecule has 0 aromatic heterocycles. The molecule has 1 aliphatic rings. The van der Waals surface area contributed by atoms with Crippen molar-refractivity contribution in [3.05, 3.63) is 0 Å². The molecular weight excluding hydrogens is 297 g/mol. The summed E-state index contributed by atoms with van der Waals surface area (Å²) in [6.07, 6.45) is -1.48. The van der Waals surface area contributed by atoms with Gasteiger partial charge in [-0.25, -0.2) is 0 Å². The first-order valence-corrected chi connectivity index (χ1v) is 7.25. The molecule has 0 aromatic carbocycles. The Morgan fingerprint density at radius 3 is 2.24 bits per heavy atom. The fourth-order valence-electron chi connectivity index (χ4n) is 2.34. The van der Waals surface area contributed by atoms with Gasteiger partial charge in [-0.3, -0.25) is 0 Å². The maximum atomic E-state index is 12.5. The van der Waals surface area contributed by atoms with Gasteiger partial charge in [-0.15, -0.1) is 0 Å². The third-order valence-electron chi connectivity index (χ3n) is 3.73. The Bertz CT molecular complexity index is 234. The number of rotatable bonds is 4. The fourth-order valence-corrected chi connectivity index (χ4v) is 3.03. The fraction of sp³-hybridized carbons (Fsp3) is 1.00. The summed E-state index contributed by atoms with van der Waals surface area (Å²) >= 11 is 3.31. The van der Waals surface area contributed by atoms with Crippen LogP contribution in [0.1, 0.15) is 46.0 Å². The SMILES string of the molecule is CCC1CCC(CBr)(OC(C)C(F)(F)F)CC1. The lowest BCUT2D eigenvalue weighted by molar-refractivity contribution is -0.248. The molecular formula is C12H20BrF3O. The topological polar surface area (TPSA) is 9.23 Å². The molecule has 0 bridgehead atoms. The molecule has 5 heteroatoms. The zero-order valence-electron chi connectivity index (χ0n) is 10.3. The predicted molar refractivity (Wildman–Crippen MR) is 65.4 cm³/mol. The normalized spacial score (nSPS) is 32.5. The molecule has 1 fully saturated rings. The quantitative estimate of drug-likeness (QED) is 0.684. The molecule has 0 aliphatic heterocycles. The lowest BCUT2D eigenvalue weighted by Gasteiger charge is -2.40. The summed E-state index contributed by atoms with van der Waals surface area (Å²) in [6.45, 7) is 3.22. The van der Waals surface area contributed by atoms with Gasteiger partial charge in [-0.1, -0.05) is 29.3 Å². The van der Waals surface area contributed by atoms with E-state index in [1.807, 2.05) is 0 Å². The highest BCUT2D eigenvalue weighted by molar-refractivity contribution is 9.09. The number of ether oxygens (including phenoxy) is 1. The lowest BCUT2D eigenvalue weighted by Crippen LogP contribution is -2.45. The monoisotopic (exact) mass is 316 g/mol. The summed E-state index contributed by atoms with van der Waals surface area (Å²) < 4.78 is 42.9. The smallest absolute Gasteiger partial charge is 0.362 e. The first-order valence-electron chi connectivity index (χ1n) is 6.13. The van der Waals surface area contributed by atoms with Crippen LogP contribution < -0.4 is 0 Å². The van der Waals surface area contributed by atoms with Crippen LogP contribution in [0.25, 0.3) is 0 Å². The molecule has 0 radical (unpaired) electrons. The highest BCUT2D eigenvalue weighted by Gasteiger charge is 2.44. The summed E-state index contributed by atoms with van der Waals surface area (Å²) in [5.74, 6) is 0.645. The zero-order chi connectivity index (χ0) is 13.1. The van der Waals surface area contributed by atoms with E-state index in [1.54, 1.807) is 0 Å². The summed E-state index contributed by atoms with van der Waals surface area (Å²) in [5, 5.41) is 0.483. The summed E-state index contributed by atoms with van der Waals surface area (Å²) in [5.41, 5.74) is -0.624. The average molecular weight is 317 g/mol. The van der Waals surface area contributed by atoms with E-state index in [0.29, 0.717) is 11.2 Å². The van der Waals surface area contributed by atoms with Gasteiger partial charge in [-0.2, -0.15) is 13.2 Å². The number of halogens is 4. The molecule has 0 amide bonds. The van der Waals surface area contributed by atoms with Crippen molar-refractivity contribution >= 4 is 15.9 Å². The Morgan fingerprint density at radius 2 is 1.88 bits per heavy atom. The summed E-state index contributed by atoms with van der Waals surface area (Å²) in [7, 11) is 0. The second-order valence-electron chi connectivity index (χ2n) is 4.97. The second-order valence-corrected chi connectivity index (χ2v) is 5.53. The molecule has 0 heterocycles. The van der Waals surface area contributed by atoms with Gasteiger partial charge in [0.2, 0.25) is 0 Å². The van der Waals surface area contributed by atoms with Gasteiger partial charge < -0.3 is 4.74 Å². The average Bonchev–Trinajstić information content (AvgIpc) is 2.28. The largest absolute Gasteiger partial charge is 0.414 e. The van der Waals surface area contributed by atoms with Crippen LogP contribution in [0, 0.1) is 5.92 Å². The molecule has 17 heavy (non-hydrogen) atoms. The van der Waals surface area contributed by atoms with Crippen LogP contribution in [0.4, 0.5) is 13.2 Å². The number of alkyl halides is 4. The molecule has 1 aliphatic carbocycles. The van der Waals surface area contributed by atoms with Crippen LogP contribution in [0.2, 0.25) is 0 Å². The molecule has 1 unspecified atom stereocenters. The van der Waals surface area contributed by atoms with E-state index in [-0.39, 0.29) is 0 Å². The maximum Gasteiger partial charge on any atom is 0.414 e. The van der Waals surface area contributed by atoms with Crippen LogP contribution in [-0.4, -0.2) is 23.2 Å². The van der Waals surface area contributed by atoms with Crippen LogP contribution in [0.3, 0.4) is 0 Å². The molecule has 0 saturated heterocycles. The van der Waals surface area contributed by atoms with Gasteiger partial charge in [-0.05, 0) is 38.5 Å². The predicted octanol–water partition coefficient (Wildman–Crippen LogP) is 4.69. The molecule has 0 spiro atoms. The highest BCUT2D eigenvalue weighted by atomic mass is 79.9. The van der Waals surface area contributed by atoms with E-state index >= 15 is 0 Å². The summed E-state index contributed by atoms with van der Waals surface area (Å²) in [6, 6.07) is 0. The van der Waals surface area contributed by atoms with Gasteiger partial charge in [0.25, 0.3) is 0 Å². The first kappa shape index (κ1) is 15.3. The van der Waals surface area contributed by atoms with E-state index in [0.717, 1.165) is 39.0 Å². The molecule has 0 N–H and O–H groups in total. The minimum absolute atomic E-state index is 0.483. The Morgan fingerprint density at radius 1 is 1.35 bits per heavy atom. The van der Waals surface area contributed by atoms with Crippen LogP contribution in [-0.2, 0) is 4.74 Å². The third kappa shape index (κ3) is 4.12. The molecule has 1 atom stereocenters. The molecule has 1 saturated carbocycles. The molecule has 1 rings (SSSR count). The van der Waals surface area contributed by atoms with Crippen LogP contribution in [0.5, 0.6) is 0 Å². The van der Waals surface area contributed by atoms with Crippen molar-refractivity contribution in [1.29, 1.82) is 0 Å². The molecule has 102 valence electrons. The van der Waals surface area contributed by atoms with Crippen molar-refractivity contribution < 1.29 is 17.9 Å². The zero-order valence-corrected chi connectivity index (χ0v) is 11.9. The van der Waals surface area contributed by atoms with Gasteiger partial charge in [0, 0.05) is 5.33 Å². The van der Waals surface area contributed by atoms with Gasteiger partial charge in [0.05, 0.1) is 5.60 Å². The van der Waals surface area contributed by atoms with E-state index in [9.17, 15) is 13.2 Å². The second kappa shape index (κ2) is 5.91. The number of hydrogen-bond donors (Lipinski definition) is 0. The van der Waals surface area contributed by atoms with Crippen molar-refractivity contribution in [1.82, 2.24) is 0 Å². The van der Waals surface area contributed by atoms with Gasteiger partial charge in [0.1, 0.15) is 0 Å². The van der Waals surface area contributed by atoms with E-state index < -0.39 is 17.9 Å². The van der Waals surface area contributed by atoms with Crippen molar-refractivity contribution in [3.8, 4) is 0 Å². The van der Waals surface area contributed by atoms with Gasteiger partial charge >= 0.3 is 6.18 Å². The van der Waals surface area contributed by atoms with Crippen molar-refractivity contribution in [2.24, 2.45) is 5.92 Å². The minimum Gasteiger partial charge on any atom is -0.362 e. The Labute approximate surface area is 109 Å². The first-order chi connectivity index (χ1) is 7.83. The van der Waals surface area contributed by atoms with Crippen molar-refractivity contribution in [2.75, 3.05) is 5.33 Å². The Hall–Kier alpha value is 0.230. The maximum absolute atomic E-state index is 12.5. The lowest BCUT2D eigenvalue weighted by atomic mass is 9.78. The third-order valence-corrected chi connectivity index (χ3v) is 4.75. The van der Waals surface area contributed by atoms with E-state index in [2.05, 4.69) is 22.9 Å². The highest BCUT2D eigenvalue weighted by Crippen LogP contribution is 2.40. The Balaban J connectivity index is 2.59. The summed E-state index contributed by atoms with van der Waals surface area (Å²) in [4.78, 5) is 0. The van der Waals surface area contributed by atoms with E-state index in [1.165, 1.54) is 0 Å². The van der Waals surface area contributed by atoms with Crippen molar-refractivity contribution in [3.63, 3.8) is 0 Å². The number of hydrogen-bond acceptors (Lipinski definition) is 1. The Kier molecular flexibility index (Phi) is 5.32. The van der Waals surface area contributed by atoms with Crippen LogP contribution >= 0.6 is 15.9 Å². The van der Waals surface area contributed by atoms with Gasteiger partial charge in [0.15, 0.2) is 6.10 Å². The van der Waals surface area contributed by atoms with Crippen LogP contribution in [0.15, 0.2) is 0 Å². The minimum atomic E-state index is -4.27.